The fourth-order valence-electron chi connectivity index (χ4n) is 2.08. The average molecular weight is 265 g/mol. The van der Waals surface area contributed by atoms with E-state index >= 15 is 0 Å². The minimum Gasteiger partial charge on any atom is -0.481 e. The van der Waals surface area contributed by atoms with Gasteiger partial charge in [0.1, 0.15) is 0 Å². The molecule has 0 radical (unpaired) electrons. The Hall–Kier alpha value is -1.62. The van der Waals surface area contributed by atoms with Crippen LogP contribution >= 0.6 is 11.5 Å². The zero-order valence-electron chi connectivity index (χ0n) is 10.4. The quantitative estimate of drug-likeness (QED) is 0.924. The van der Waals surface area contributed by atoms with Crippen LogP contribution in [0.2, 0.25) is 0 Å². The number of carboxylic acid groups (broad SMARTS) is 1. The molecule has 0 atom stereocenters. The molecule has 0 aliphatic rings. The summed E-state index contributed by atoms with van der Waals surface area (Å²) in [4.78, 5) is 22.6. The molecule has 0 saturated heterocycles. The third-order valence-corrected chi connectivity index (χ3v) is 3.93. The fourth-order valence-corrected chi connectivity index (χ4v) is 3.29. The highest BCUT2D eigenvalue weighted by atomic mass is 32.1. The number of aliphatic carboxylic acids is 1. The topological polar surface area (TPSA) is 59.3 Å². The Labute approximate surface area is 109 Å². The molecule has 5 heteroatoms. The van der Waals surface area contributed by atoms with Gasteiger partial charge in [0.15, 0.2) is 0 Å². The number of carboxylic acids is 1. The molecule has 1 aromatic carbocycles. The molecule has 1 heterocycles. The lowest BCUT2D eigenvalue weighted by Crippen LogP contribution is -2.14. The largest absolute Gasteiger partial charge is 0.481 e. The molecule has 18 heavy (non-hydrogen) atoms. The minimum atomic E-state index is -0.823. The molecule has 0 aliphatic heterocycles. The Morgan fingerprint density at radius 2 is 2.11 bits per heavy atom. The lowest BCUT2D eigenvalue weighted by molar-refractivity contribution is -0.137. The number of rotatable bonds is 4. The van der Waals surface area contributed by atoms with Gasteiger partial charge in [0.2, 0.25) is 0 Å². The molecule has 0 amide bonds. The first kappa shape index (κ1) is 12.8. The molecule has 0 fully saturated rings. The lowest BCUT2D eigenvalue weighted by atomic mass is 10.1. The molecule has 2 aromatic rings. The highest BCUT2D eigenvalue weighted by Crippen LogP contribution is 2.22. The van der Waals surface area contributed by atoms with Crippen molar-refractivity contribution in [1.82, 2.24) is 3.96 Å². The summed E-state index contributed by atoms with van der Waals surface area (Å²) < 4.78 is 2.63. The first-order chi connectivity index (χ1) is 8.49. The second-order valence-electron chi connectivity index (χ2n) is 4.45. The molecule has 4 nitrogen and oxygen atoms in total. The molecule has 1 aromatic heterocycles. The van der Waals surface area contributed by atoms with Gasteiger partial charge in [-0.3, -0.25) is 13.5 Å². The van der Waals surface area contributed by atoms with Crippen LogP contribution in [0.3, 0.4) is 0 Å². The molecule has 0 bridgehead atoms. The molecule has 96 valence electrons. The van der Waals surface area contributed by atoms with Crippen molar-refractivity contribution >= 4 is 27.6 Å². The SMILES string of the molecule is Cc1cc(C)c2c(=O)n(CCCC(=O)O)sc2c1. The summed E-state index contributed by atoms with van der Waals surface area (Å²) in [5.41, 5.74) is 2.13. The summed E-state index contributed by atoms with van der Waals surface area (Å²) in [6.45, 7) is 4.42. The standard InChI is InChI=1S/C13H15NO3S/c1-8-6-9(2)12-10(7-8)18-14(13(12)17)5-3-4-11(15)16/h6-7H,3-5H2,1-2H3,(H,15,16). The Bertz CT molecular complexity index is 654. The number of aryl methyl sites for hydroxylation is 3. The number of nitrogens with zero attached hydrogens (tertiary/aromatic N) is 1. The maximum Gasteiger partial charge on any atom is 0.303 e. The van der Waals surface area contributed by atoms with E-state index in [2.05, 4.69) is 0 Å². The van der Waals surface area contributed by atoms with Crippen molar-refractivity contribution in [3.05, 3.63) is 33.6 Å². The maximum atomic E-state index is 12.2. The summed E-state index contributed by atoms with van der Waals surface area (Å²) >= 11 is 1.42. The van der Waals surface area contributed by atoms with E-state index in [1.165, 1.54) is 11.5 Å². The van der Waals surface area contributed by atoms with Gasteiger partial charge >= 0.3 is 5.97 Å². The van der Waals surface area contributed by atoms with Gasteiger partial charge in [0.05, 0.1) is 10.1 Å². The van der Waals surface area contributed by atoms with E-state index in [4.69, 9.17) is 5.11 Å². The van der Waals surface area contributed by atoms with E-state index in [0.29, 0.717) is 13.0 Å². The normalized spacial score (nSPS) is 11.0. The molecule has 0 spiro atoms. The van der Waals surface area contributed by atoms with E-state index in [0.717, 1.165) is 21.2 Å². The predicted octanol–water partition coefficient (Wildman–Crippen LogP) is 2.54. The van der Waals surface area contributed by atoms with Gasteiger partial charge in [-0.05, 0) is 37.5 Å². The molecule has 2 rings (SSSR count). The molecule has 0 unspecified atom stereocenters. The number of fused-ring (bicyclic) bond motifs is 1. The van der Waals surface area contributed by atoms with Crippen LogP contribution in [0.1, 0.15) is 24.0 Å². The van der Waals surface area contributed by atoms with E-state index in [1.54, 1.807) is 3.96 Å². The van der Waals surface area contributed by atoms with Crippen LogP contribution in [-0.4, -0.2) is 15.0 Å². The molecule has 1 N–H and O–H groups in total. The average Bonchev–Trinajstić information content (AvgIpc) is 2.55. The Balaban J connectivity index is 2.36. The fraction of sp³-hybridized carbons (Fsp3) is 0.385. The van der Waals surface area contributed by atoms with Crippen LogP contribution in [-0.2, 0) is 11.3 Å². The van der Waals surface area contributed by atoms with Crippen LogP contribution in [0.5, 0.6) is 0 Å². The monoisotopic (exact) mass is 265 g/mol. The summed E-state index contributed by atoms with van der Waals surface area (Å²) in [7, 11) is 0. The zero-order valence-corrected chi connectivity index (χ0v) is 11.2. The van der Waals surface area contributed by atoms with Gasteiger partial charge in [-0.25, -0.2) is 0 Å². The highest BCUT2D eigenvalue weighted by Gasteiger charge is 2.10. The smallest absolute Gasteiger partial charge is 0.303 e. The van der Waals surface area contributed by atoms with Crippen molar-refractivity contribution in [2.24, 2.45) is 0 Å². The molecular formula is C13H15NO3S. The number of benzene rings is 1. The van der Waals surface area contributed by atoms with Crippen LogP contribution < -0.4 is 5.56 Å². The van der Waals surface area contributed by atoms with Crippen LogP contribution in [0.25, 0.3) is 10.1 Å². The first-order valence-corrected chi connectivity index (χ1v) is 6.59. The van der Waals surface area contributed by atoms with Crippen LogP contribution in [0.4, 0.5) is 0 Å². The summed E-state index contributed by atoms with van der Waals surface area (Å²) in [5, 5.41) is 9.36. The summed E-state index contributed by atoms with van der Waals surface area (Å²) in [6.07, 6.45) is 0.582. The Morgan fingerprint density at radius 3 is 2.78 bits per heavy atom. The number of hydrogen-bond acceptors (Lipinski definition) is 3. The van der Waals surface area contributed by atoms with Gasteiger partial charge in [-0.1, -0.05) is 17.6 Å². The molecule has 0 saturated carbocycles. The molecule has 0 aliphatic carbocycles. The third kappa shape index (κ3) is 2.46. The van der Waals surface area contributed by atoms with Crippen molar-refractivity contribution in [2.45, 2.75) is 33.2 Å². The third-order valence-electron chi connectivity index (χ3n) is 2.84. The van der Waals surface area contributed by atoms with E-state index in [1.807, 2.05) is 26.0 Å². The van der Waals surface area contributed by atoms with Crippen LogP contribution in [0.15, 0.2) is 16.9 Å². The van der Waals surface area contributed by atoms with Crippen molar-refractivity contribution in [3.63, 3.8) is 0 Å². The Kier molecular flexibility index (Phi) is 3.52. The van der Waals surface area contributed by atoms with E-state index < -0.39 is 5.97 Å². The predicted molar refractivity (Wildman–Crippen MR) is 72.4 cm³/mol. The van der Waals surface area contributed by atoms with Crippen molar-refractivity contribution in [1.29, 1.82) is 0 Å². The number of carbonyl (C=O) groups is 1. The van der Waals surface area contributed by atoms with Crippen molar-refractivity contribution < 1.29 is 9.90 Å². The van der Waals surface area contributed by atoms with Gasteiger partial charge < -0.3 is 5.11 Å². The number of hydrogen-bond donors (Lipinski definition) is 1. The summed E-state index contributed by atoms with van der Waals surface area (Å²) in [6, 6.07) is 4.00. The van der Waals surface area contributed by atoms with Gasteiger partial charge in [-0.2, -0.15) is 0 Å². The van der Waals surface area contributed by atoms with Crippen LogP contribution in [0, 0.1) is 13.8 Å². The molecular weight excluding hydrogens is 250 g/mol. The second-order valence-corrected chi connectivity index (χ2v) is 5.51. The first-order valence-electron chi connectivity index (χ1n) is 5.82. The van der Waals surface area contributed by atoms with Gasteiger partial charge in [0.25, 0.3) is 5.56 Å². The Morgan fingerprint density at radius 1 is 1.39 bits per heavy atom. The van der Waals surface area contributed by atoms with Gasteiger partial charge in [0, 0.05) is 13.0 Å². The van der Waals surface area contributed by atoms with Crippen molar-refractivity contribution in [3.8, 4) is 0 Å². The van der Waals surface area contributed by atoms with Gasteiger partial charge in [-0.15, -0.1) is 0 Å². The van der Waals surface area contributed by atoms with Crippen molar-refractivity contribution in [2.75, 3.05) is 0 Å². The van der Waals surface area contributed by atoms with E-state index in [9.17, 15) is 9.59 Å². The minimum absolute atomic E-state index is 0.00195. The summed E-state index contributed by atoms with van der Waals surface area (Å²) in [5.74, 6) is -0.823. The number of aromatic nitrogens is 1. The van der Waals surface area contributed by atoms with E-state index in [-0.39, 0.29) is 12.0 Å². The second kappa shape index (κ2) is 4.94. The highest BCUT2D eigenvalue weighted by molar-refractivity contribution is 7.13. The zero-order chi connectivity index (χ0) is 13.3. The lowest BCUT2D eigenvalue weighted by Gasteiger charge is -1.97. The maximum absolute atomic E-state index is 12.2.